The lowest BCUT2D eigenvalue weighted by atomic mass is 10.2. The van der Waals surface area contributed by atoms with Crippen LogP contribution in [-0.2, 0) is 0 Å². The molecule has 0 radical (unpaired) electrons. The number of rotatable bonds is 4. The van der Waals surface area contributed by atoms with E-state index < -0.39 is 0 Å². The maximum atomic E-state index is 12.4. The van der Waals surface area contributed by atoms with Gasteiger partial charge in [-0.15, -0.1) is 0 Å². The molecule has 0 atom stereocenters. The Morgan fingerprint density at radius 1 is 1.09 bits per heavy atom. The molecule has 0 fully saturated rings. The second kappa shape index (κ2) is 6.00. The van der Waals surface area contributed by atoms with Gasteiger partial charge in [0.25, 0.3) is 5.91 Å². The first-order chi connectivity index (χ1) is 11.1. The van der Waals surface area contributed by atoms with Gasteiger partial charge in [0.05, 0.1) is 14.2 Å². The number of ether oxygens (including phenoxy) is 2. The molecule has 0 unspecified atom stereocenters. The molecule has 3 aromatic rings. The van der Waals surface area contributed by atoms with Crippen molar-refractivity contribution in [3.05, 3.63) is 54.0 Å². The molecular weight excluding hydrogens is 294 g/mol. The maximum Gasteiger partial charge on any atom is 0.275 e. The van der Waals surface area contributed by atoms with Crippen LogP contribution in [0.15, 0.2) is 42.7 Å². The van der Waals surface area contributed by atoms with Crippen molar-refractivity contribution in [2.24, 2.45) is 0 Å². The summed E-state index contributed by atoms with van der Waals surface area (Å²) < 4.78 is 12.2. The minimum atomic E-state index is -0.290. The number of carbonyl (C=O) groups is 1. The van der Waals surface area contributed by atoms with Crippen LogP contribution >= 0.6 is 0 Å². The van der Waals surface area contributed by atoms with Gasteiger partial charge in [-0.3, -0.25) is 4.79 Å². The van der Waals surface area contributed by atoms with Crippen LogP contribution in [0, 0.1) is 6.92 Å². The second-order valence-electron chi connectivity index (χ2n) is 5.15. The molecule has 118 valence electrons. The summed E-state index contributed by atoms with van der Waals surface area (Å²) in [6.07, 6.45) is 3.63. The van der Waals surface area contributed by atoms with Crippen LogP contribution in [-0.4, -0.2) is 29.5 Å². The quantitative estimate of drug-likeness (QED) is 0.804. The van der Waals surface area contributed by atoms with Gasteiger partial charge < -0.3 is 19.2 Å². The highest BCUT2D eigenvalue weighted by molar-refractivity contribution is 6.03. The van der Waals surface area contributed by atoms with Crippen molar-refractivity contribution >= 4 is 17.2 Å². The zero-order valence-corrected chi connectivity index (χ0v) is 13.2. The third kappa shape index (κ3) is 3.11. The molecule has 0 bridgehead atoms. The van der Waals surface area contributed by atoms with Gasteiger partial charge >= 0.3 is 0 Å². The summed E-state index contributed by atoms with van der Waals surface area (Å²) in [7, 11) is 3.12. The standard InChI is InChI=1S/C17H17N3O3/c1-11-4-5-16-19-15(10-20(16)9-11)17(21)18-12-6-13(22-2)8-14(7-12)23-3/h4-10H,1-3H3,(H,18,21). The topological polar surface area (TPSA) is 64.9 Å². The Kier molecular flexibility index (Phi) is 3.89. The van der Waals surface area contributed by atoms with E-state index in [1.807, 2.05) is 29.7 Å². The first-order valence-corrected chi connectivity index (χ1v) is 7.09. The molecule has 0 aliphatic carbocycles. The fraction of sp³-hybridized carbons (Fsp3) is 0.176. The number of aromatic nitrogens is 2. The SMILES string of the molecule is COc1cc(NC(=O)c2cn3cc(C)ccc3n2)cc(OC)c1. The molecule has 2 heterocycles. The van der Waals surface area contributed by atoms with E-state index in [2.05, 4.69) is 10.3 Å². The number of benzene rings is 1. The Morgan fingerprint density at radius 2 is 1.78 bits per heavy atom. The summed E-state index contributed by atoms with van der Waals surface area (Å²) in [6, 6.07) is 9.02. The van der Waals surface area contributed by atoms with Crippen molar-refractivity contribution in [3.63, 3.8) is 0 Å². The summed E-state index contributed by atoms with van der Waals surface area (Å²) in [5.74, 6) is 0.914. The monoisotopic (exact) mass is 311 g/mol. The van der Waals surface area contributed by atoms with Crippen LogP contribution in [0.2, 0.25) is 0 Å². The van der Waals surface area contributed by atoms with Gasteiger partial charge in [-0.1, -0.05) is 6.07 Å². The summed E-state index contributed by atoms with van der Waals surface area (Å²) in [6.45, 7) is 1.99. The fourth-order valence-electron chi connectivity index (χ4n) is 2.29. The third-order valence-corrected chi connectivity index (χ3v) is 3.44. The van der Waals surface area contributed by atoms with E-state index in [-0.39, 0.29) is 5.91 Å². The van der Waals surface area contributed by atoms with Crippen molar-refractivity contribution in [2.45, 2.75) is 6.92 Å². The lowest BCUT2D eigenvalue weighted by Gasteiger charge is -2.09. The number of fused-ring (bicyclic) bond motifs is 1. The number of aryl methyl sites for hydroxylation is 1. The number of nitrogens with one attached hydrogen (secondary N) is 1. The fourth-order valence-corrected chi connectivity index (χ4v) is 2.29. The molecule has 6 nitrogen and oxygen atoms in total. The zero-order chi connectivity index (χ0) is 16.4. The highest BCUT2D eigenvalue weighted by Gasteiger charge is 2.12. The minimum absolute atomic E-state index is 0.290. The van der Waals surface area contributed by atoms with Gasteiger partial charge in [0.2, 0.25) is 0 Å². The van der Waals surface area contributed by atoms with Crippen molar-refractivity contribution in [2.75, 3.05) is 19.5 Å². The largest absolute Gasteiger partial charge is 0.497 e. The van der Waals surface area contributed by atoms with E-state index in [1.165, 1.54) is 0 Å². The van der Waals surface area contributed by atoms with Crippen molar-refractivity contribution < 1.29 is 14.3 Å². The molecule has 1 aromatic carbocycles. The van der Waals surface area contributed by atoms with Gasteiger partial charge in [-0.25, -0.2) is 4.98 Å². The van der Waals surface area contributed by atoms with E-state index in [4.69, 9.17) is 9.47 Å². The summed E-state index contributed by atoms with van der Waals surface area (Å²) in [5.41, 5.74) is 2.75. The van der Waals surface area contributed by atoms with Crippen molar-refractivity contribution in [3.8, 4) is 11.5 Å². The van der Waals surface area contributed by atoms with Gasteiger partial charge in [-0.2, -0.15) is 0 Å². The minimum Gasteiger partial charge on any atom is -0.497 e. The summed E-state index contributed by atoms with van der Waals surface area (Å²) >= 11 is 0. The molecule has 0 saturated carbocycles. The van der Waals surface area contributed by atoms with Crippen LogP contribution in [0.25, 0.3) is 5.65 Å². The number of anilines is 1. The molecule has 3 rings (SSSR count). The number of hydrogen-bond donors (Lipinski definition) is 1. The average Bonchev–Trinajstić information content (AvgIpc) is 2.97. The van der Waals surface area contributed by atoms with Gasteiger partial charge in [-0.05, 0) is 18.6 Å². The second-order valence-corrected chi connectivity index (χ2v) is 5.15. The van der Waals surface area contributed by atoms with E-state index in [0.717, 1.165) is 11.2 Å². The van der Waals surface area contributed by atoms with Crippen molar-refractivity contribution in [1.82, 2.24) is 9.38 Å². The average molecular weight is 311 g/mol. The number of hydrogen-bond acceptors (Lipinski definition) is 4. The number of nitrogens with zero attached hydrogens (tertiary/aromatic N) is 2. The molecule has 6 heteroatoms. The smallest absolute Gasteiger partial charge is 0.275 e. The van der Waals surface area contributed by atoms with E-state index in [9.17, 15) is 4.79 Å². The van der Waals surface area contributed by atoms with E-state index >= 15 is 0 Å². The van der Waals surface area contributed by atoms with Gasteiger partial charge in [0.15, 0.2) is 0 Å². The Labute approximate surface area is 133 Å². The maximum absolute atomic E-state index is 12.4. The van der Waals surface area contributed by atoms with E-state index in [0.29, 0.717) is 22.9 Å². The highest BCUT2D eigenvalue weighted by atomic mass is 16.5. The molecule has 23 heavy (non-hydrogen) atoms. The van der Waals surface area contributed by atoms with Crippen molar-refractivity contribution in [1.29, 1.82) is 0 Å². The highest BCUT2D eigenvalue weighted by Crippen LogP contribution is 2.26. The molecule has 0 spiro atoms. The number of methoxy groups -OCH3 is 2. The number of imidazole rings is 1. The number of amides is 1. The molecule has 0 aliphatic heterocycles. The Bertz CT molecular complexity index is 848. The first kappa shape index (κ1) is 14.9. The van der Waals surface area contributed by atoms with Crippen LogP contribution in [0.4, 0.5) is 5.69 Å². The van der Waals surface area contributed by atoms with Crippen LogP contribution in [0.3, 0.4) is 0 Å². The van der Waals surface area contributed by atoms with E-state index in [1.54, 1.807) is 38.6 Å². The molecular formula is C17H17N3O3. The van der Waals surface area contributed by atoms with Gasteiger partial charge in [0.1, 0.15) is 22.8 Å². The Balaban J connectivity index is 1.88. The van der Waals surface area contributed by atoms with Crippen LogP contribution < -0.4 is 14.8 Å². The predicted molar refractivity (Wildman–Crippen MR) is 87.4 cm³/mol. The first-order valence-electron chi connectivity index (χ1n) is 7.09. The zero-order valence-electron chi connectivity index (χ0n) is 13.2. The van der Waals surface area contributed by atoms with Crippen LogP contribution in [0.1, 0.15) is 16.1 Å². The van der Waals surface area contributed by atoms with Crippen LogP contribution in [0.5, 0.6) is 11.5 Å². The summed E-state index contributed by atoms with van der Waals surface area (Å²) in [5, 5.41) is 2.81. The lowest BCUT2D eigenvalue weighted by Crippen LogP contribution is -2.12. The molecule has 2 aromatic heterocycles. The Hall–Kier alpha value is -3.02. The third-order valence-electron chi connectivity index (χ3n) is 3.44. The molecule has 1 amide bonds. The molecule has 1 N–H and O–H groups in total. The molecule has 0 saturated heterocycles. The summed E-state index contributed by atoms with van der Waals surface area (Å²) in [4.78, 5) is 16.7. The predicted octanol–water partition coefficient (Wildman–Crippen LogP) is 2.91. The van der Waals surface area contributed by atoms with Gasteiger partial charge in [0, 0.05) is 36.3 Å². The number of carbonyl (C=O) groups excluding carboxylic acids is 1. The molecule has 0 aliphatic rings. The Morgan fingerprint density at radius 3 is 2.43 bits per heavy atom. The number of pyridine rings is 1. The normalized spacial score (nSPS) is 10.6. The lowest BCUT2D eigenvalue weighted by molar-refractivity contribution is 0.102.